The van der Waals surface area contributed by atoms with E-state index in [0.717, 1.165) is 12.8 Å². The molecule has 92 valence electrons. The Morgan fingerprint density at radius 1 is 1.50 bits per heavy atom. The minimum Gasteiger partial charge on any atom is -0.481 e. The molecule has 1 aliphatic rings. The van der Waals surface area contributed by atoms with Crippen molar-refractivity contribution in [3.63, 3.8) is 0 Å². The molecule has 1 heterocycles. The number of nitrogens with zero attached hydrogens (tertiary/aromatic N) is 1. The molecule has 1 N–H and O–H groups in total. The van der Waals surface area contributed by atoms with Crippen LogP contribution in [0.15, 0.2) is 0 Å². The number of carboxylic acids is 1. The van der Waals surface area contributed by atoms with Crippen molar-refractivity contribution in [3.8, 4) is 0 Å². The molecule has 1 amide bonds. The summed E-state index contributed by atoms with van der Waals surface area (Å²) >= 11 is 0. The molecule has 0 aliphatic carbocycles. The molecule has 0 radical (unpaired) electrons. The van der Waals surface area contributed by atoms with Crippen LogP contribution in [0.4, 0.5) is 0 Å². The van der Waals surface area contributed by atoms with Crippen LogP contribution in [0, 0.1) is 5.92 Å². The molecule has 1 aliphatic heterocycles. The minimum atomic E-state index is -0.889. The van der Waals surface area contributed by atoms with Gasteiger partial charge in [0.05, 0.1) is 12.0 Å². The smallest absolute Gasteiger partial charge is 0.308 e. The molecule has 1 saturated heterocycles. The van der Waals surface area contributed by atoms with Gasteiger partial charge < -0.3 is 14.7 Å². The van der Waals surface area contributed by atoms with Crippen molar-refractivity contribution in [2.75, 3.05) is 13.6 Å². The molecule has 5 heteroatoms. The average molecular weight is 229 g/mol. The van der Waals surface area contributed by atoms with Crippen LogP contribution in [-0.4, -0.2) is 47.7 Å². The van der Waals surface area contributed by atoms with E-state index in [4.69, 9.17) is 9.84 Å². The van der Waals surface area contributed by atoms with E-state index in [1.807, 2.05) is 6.92 Å². The summed E-state index contributed by atoms with van der Waals surface area (Å²) < 4.78 is 5.45. The van der Waals surface area contributed by atoms with Gasteiger partial charge in [-0.3, -0.25) is 9.59 Å². The first-order chi connectivity index (χ1) is 7.41. The van der Waals surface area contributed by atoms with E-state index in [9.17, 15) is 9.59 Å². The Kier molecular flexibility index (Phi) is 4.29. The summed E-state index contributed by atoms with van der Waals surface area (Å²) in [6.45, 7) is 3.75. The largest absolute Gasteiger partial charge is 0.481 e. The van der Waals surface area contributed by atoms with Gasteiger partial charge in [-0.15, -0.1) is 0 Å². The maximum Gasteiger partial charge on any atom is 0.308 e. The molecular weight excluding hydrogens is 210 g/mol. The lowest BCUT2D eigenvalue weighted by molar-refractivity contribution is -0.145. The van der Waals surface area contributed by atoms with Gasteiger partial charge in [0.1, 0.15) is 6.10 Å². The van der Waals surface area contributed by atoms with Crippen LogP contribution in [0.25, 0.3) is 0 Å². The highest BCUT2D eigenvalue weighted by atomic mass is 16.5. The summed E-state index contributed by atoms with van der Waals surface area (Å²) in [5, 5.41) is 8.75. The van der Waals surface area contributed by atoms with E-state index in [0.29, 0.717) is 0 Å². The lowest BCUT2D eigenvalue weighted by Gasteiger charge is -2.22. The standard InChI is InChI=1S/C11H19NO4/c1-7(11(14)15)6-12(3)10(13)9-5-4-8(2)16-9/h7-9H,4-6H2,1-3H3,(H,14,15). The summed E-state index contributed by atoms with van der Waals surface area (Å²) in [4.78, 5) is 24.0. The molecular formula is C11H19NO4. The molecule has 0 bridgehead atoms. The highest BCUT2D eigenvalue weighted by Gasteiger charge is 2.31. The van der Waals surface area contributed by atoms with E-state index in [-0.39, 0.29) is 24.7 Å². The topological polar surface area (TPSA) is 66.8 Å². The number of carbonyl (C=O) groups is 2. The summed E-state index contributed by atoms with van der Waals surface area (Å²) in [6, 6.07) is 0. The molecule has 0 saturated carbocycles. The number of amides is 1. The summed E-state index contributed by atoms with van der Waals surface area (Å²) in [7, 11) is 1.62. The zero-order valence-corrected chi connectivity index (χ0v) is 9.97. The molecule has 1 rings (SSSR count). The van der Waals surface area contributed by atoms with Gasteiger partial charge in [0, 0.05) is 13.6 Å². The highest BCUT2D eigenvalue weighted by molar-refractivity contribution is 5.81. The number of hydrogen-bond acceptors (Lipinski definition) is 3. The third-order valence-electron chi connectivity index (χ3n) is 2.85. The van der Waals surface area contributed by atoms with E-state index in [2.05, 4.69) is 0 Å². The van der Waals surface area contributed by atoms with Crippen LogP contribution in [0.5, 0.6) is 0 Å². The van der Waals surface area contributed by atoms with Crippen molar-refractivity contribution in [1.82, 2.24) is 4.90 Å². The normalized spacial score (nSPS) is 26.4. The van der Waals surface area contributed by atoms with Crippen molar-refractivity contribution in [3.05, 3.63) is 0 Å². The number of carbonyl (C=O) groups excluding carboxylic acids is 1. The van der Waals surface area contributed by atoms with Gasteiger partial charge in [-0.1, -0.05) is 6.92 Å². The van der Waals surface area contributed by atoms with E-state index in [1.165, 1.54) is 4.90 Å². The Bertz CT molecular complexity index is 279. The summed E-state index contributed by atoms with van der Waals surface area (Å²) in [6.07, 6.45) is 1.35. The lowest BCUT2D eigenvalue weighted by atomic mass is 10.1. The third kappa shape index (κ3) is 3.20. The van der Waals surface area contributed by atoms with Gasteiger partial charge in [0.15, 0.2) is 0 Å². The molecule has 1 fully saturated rings. The number of ether oxygens (including phenoxy) is 1. The van der Waals surface area contributed by atoms with Crippen LogP contribution in [0.2, 0.25) is 0 Å². The molecule has 3 atom stereocenters. The van der Waals surface area contributed by atoms with E-state index >= 15 is 0 Å². The van der Waals surface area contributed by atoms with Gasteiger partial charge in [0.2, 0.25) is 0 Å². The first kappa shape index (κ1) is 13.0. The Morgan fingerprint density at radius 2 is 2.12 bits per heavy atom. The van der Waals surface area contributed by atoms with Crippen molar-refractivity contribution in [2.45, 2.75) is 38.9 Å². The molecule has 0 aromatic rings. The zero-order valence-electron chi connectivity index (χ0n) is 9.97. The fourth-order valence-electron chi connectivity index (χ4n) is 1.81. The fraction of sp³-hybridized carbons (Fsp3) is 0.818. The first-order valence-corrected chi connectivity index (χ1v) is 5.55. The second kappa shape index (κ2) is 5.30. The van der Waals surface area contributed by atoms with Crippen LogP contribution >= 0.6 is 0 Å². The summed E-state index contributed by atoms with van der Waals surface area (Å²) in [5.41, 5.74) is 0. The molecule has 0 spiro atoms. The number of rotatable bonds is 4. The second-order valence-electron chi connectivity index (χ2n) is 4.47. The Balaban J connectivity index is 2.44. The molecule has 0 aromatic heterocycles. The van der Waals surface area contributed by atoms with Crippen molar-refractivity contribution in [2.24, 2.45) is 5.92 Å². The Morgan fingerprint density at radius 3 is 2.56 bits per heavy atom. The molecule has 3 unspecified atom stereocenters. The molecule has 0 aromatic carbocycles. The van der Waals surface area contributed by atoms with Gasteiger partial charge in [0.25, 0.3) is 5.91 Å². The zero-order chi connectivity index (χ0) is 12.3. The van der Waals surface area contributed by atoms with Crippen molar-refractivity contribution < 1.29 is 19.4 Å². The fourth-order valence-corrected chi connectivity index (χ4v) is 1.81. The predicted molar refractivity (Wildman–Crippen MR) is 58.0 cm³/mol. The van der Waals surface area contributed by atoms with Crippen molar-refractivity contribution in [1.29, 1.82) is 0 Å². The third-order valence-corrected chi connectivity index (χ3v) is 2.85. The average Bonchev–Trinajstić information content (AvgIpc) is 2.63. The quantitative estimate of drug-likeness (QED) is 0.771. The van der Waals surface area contributed by atoms with Crippen LogP contribution in [0.1, 0.15) is 26.7 Å². The Hall–Kier alpha value is -1.10. The highest BCUT2D eigenvalue weighted by Crippen LogP contribution is 2.20. The SMILES string of the molecule is CC1CCC(C(=O)N(C)CC(C)C(=O)O)O1. The van der Waals surface area contributed by atoms with Crippen LogP contribution in [-0.2, 0) is 14.3 Å². The number of carboxylic acid groups (broad SMARTS) is 1. The van der Waals surface area contributed by atoms with Gasteiger partial charge in [-0.25, -0.2) is 0 Å². The molecule has 5 nitrogen and oxygen atoms in total. The Labute approximate surface area is 95.4 Å². The monoisotopic (exact) mass is 229 g/mol. The van der Waals surface area contributed by atoms with E-state index in [1.54, 1.807) is 14.0 Å². The number of likely N-dealkylation sites (N-methyl/N-ethyl adjacent to an activating group) is 1. The van der Waals surface area contributed by atoms with E-state index < -0.39 is 11.9 Å². The number of aliphatic carboxylic acids is 1. The van der Waals surface area contributed by atoms with Crippen molar-refractivity contribution >= 4 is 11.9 Å². The number of hydrogen-bond donors (Lipinski definition) is 1. The summed E-state index contributed by atoms with van der Waals surface area (Å²) in [5.74, 6) is -1.55. The second-order valence-corrected chi connectivity index (χ2v) is 4.47. The molecule has 16 heavy (non-hydrogen) atoms. The van der Waals surface area contributed by atoms with Gasteiger partial charge in [-0.2, -0.15) is 0 Å². The lowest BCUT2D eigenvalue weighted by Crippen LogP contribution is -2.40. The van der Waals surface area contributed by atoms with Crippen LogP contribution < -0.4 is 0 Å². The van der Waals surface area contributed by atoms with Crippen LogP contribution in [0.3, 0.4) is 0 Å². The van der Waals surface area contributed by atoms with Gasteiger partial charge in [-0.05, 0) is 19.8 Å². The predicted octanol–water partition coefficient (Wildman–Crippen LogP) is 0.733. The first-order valence-electron chi connectivity index (χ1n) is 5.55. The minimum absolute atomic E-state index is 0.113. The van der Waals surface area contributed by atoms with Gasteiger partial charge >= 0.3 is 5.97 Å². The maximum absolute atomic E-state index is 11.9. The maximum atomic E-state index is 11.9.